The molecule has 4 rings (SSSR count). The molecule has 0 N–H and O–H groups in total. The van der Waals surface area contributed by atoms with E-state index in [4.69, 9.17) is 4.98 Å². The van der Waals surface area contributed by atoms with Crippen molar-refractivity contribution in [2.45, 2.75) is 26.2 Å². The molecule has 0 spiro atoms. The summed E-state index contributed by atoms with van der Waals surface area (Å²) in [6.45, 7) is 9.05. The molecular formula is C20H24N6O. The smallest absolute Gasteiger partial charge is 0.290 e. The molecule has 1 aliphatic rings. The average Bonchev–Trinajstić information content (AvgIpc) is 3.08. The predicted molar refractivity (Wildman–Crippen MR) is 104 cm³/mol. The number of carbonyl (C=O) groups excluding carboxylic acids is 1. The molecule has 7 heteroatoms. The number of pyridine rings is 1. The third-order valence-corrected chi connectivity index (χ3v) is 4.85. The lowest BCUT2D eigenvalue weighted by atomic mass is 9.91. The third-order valence-electron chi connectivity index (χ3n) is 4.85. The van der Waals surface area contributed by atoms with E-state index in [-0.39, 0.29) is 11.3 Å². The maximum Gasteiger partial charge on any atom is 0.290 e. The molecule has 0 aromatic carbocycles. The number of aromatic nitrogens is 4. The maximum absolute atomic E-state index is 13.2. The lowest BCUT2D eigenvalue weighted by Gasteiger charge is -2.34. The minimum absolute atomic E-state index is 0.0275. The summed E-state index contributed by atoms with van der Waals surface area (Å²) in [5, 5.41) is 0. The lowest BCUT2D eigenvalue weighted by molar-refractivity contribution is 0.0733. The number of amides is 1. The molecule has 4 heterocycles. The largest absolute Gasteiger partial charge is 0.337 e. The summed E-state index contributed by atoms with van der Waals surface area (Å²) in [5.74, 6) is 1.17. The van der Waals surface area contributed by atoms with Gasteiger partial charge in [0.1, 0.15) is 0 Å². The van der Waals surface area contributed by atoms with Crippen molar-refractivity contribution in [1.29, 1.82) is 0 Å². The van der Waals surface area contributed by atoms with Gasteiger partial charge in [-0.3, -0.25) is 9.20 Å². The van der Waals surface area contributed by atoms with Crippen LogP contribution in [0.3, 0.4) is 0 Å². The molecule has 0 saturated carbocycles. The van der Waals surface area contributed by atoms with E-state index in [1.165, 1.54) is 0 Å². The zero-order valence-electron chi connectivity index (χ0n) is 16.0. The van der Waals surface area contributed by atoms with Crippen LogP contribution in [0.25, 0.3) is 5.52 Å². The van der Waals surface area contributed by atoms with Crippen molar-refractivity contribution in [3.05, 3.63) is 54.4 Å². The predicted octanol–water partition coefficient (Wildman–Crippen LogP) is 2.38. The van der Waals surface area contributed by atoms with E-state index < -0.39 is 0 Å². The molecule has 27 heavy (non-hydrogen) atoms. The van der Waals surface area contributed by atoms with Crippen molar-refractivity contribution in [3.8, 4) is 0 Å². The fourth-order valence-corrected chi connectivity index (χ4v) is 3.45. The topological polar surface area (TPSA) is 66.6 Å². The van der Waals surface area contributed by atoms with Gasteiger partial charge in [-0.1, -0.05) is 26.8 Å². The van der Waals surface area contributed by atoms with E-state index >= 15 is 0 Å². The normalized spacial score (nSPS) is 15.4. The van der Waals surface area contributed by atoms with E-state index in [9.17, 15) is 4.79 Å². The first-order valence-corrected chi connectivity index (χ1v) is 9.24. The first-order valence-electron chi connectivity index (χ1n) is 9.24. The van der Waals surface area contributed by atoms with Gasteiger partial charge >= 0.3 is 0 Å². The number of carbonyl (C=O) groups is 1. The Kier molecular flexibility index (Phi) is 4.30. The van der Waals surface area contributed by atoms with Gasteiger partial charge in [0, 0.05) is 50.2 Å². The summed E-state index contributed by atoms with van der Waals surface area (Å²) >= 11 is 0. The van der Waals surface area contributed by atoms with Gasteiger partial charge < -0.3 is 9.80 Å². The number of hydrogen-bond donors (Lipinski definition) is 0. The molecular weight excluding hydrogens is 340 g/mol. The van der Waals surface area contributed by atoms with Gasteiger partial charge in [-0.05, 0) is 18.2 Å². The van der Waals surface area contributed by atoms with Crippen molar-refractivity contribution in [2.24, 2.45) is 0 Å². The number of piperazine rings is 1. The summed E-state index contributed by atoms with van der Waals surface area (Å²) in [7, 11) is 0. The maximum atomic E-state index is 13.2. The number of hydrogen-bond acceptors (Lipinski definition) is 5. The highest BCUT2D eigenvalue weighted by atomic mass is 16.2. The van der Waals surface area contributed by atoms with Crippen LogP contribution >= 0.6 is 0 Å². The first kappa shape index (κ1) is 17.5. The van der Waals surface area contributed by atoms with Crippen LogP contribution < -0.4 is 4.90 Å². The van der Waals surface area contributed by atoms with Crippen LogP contribution in [0.2, 0.25) is 0 Å². The van der Waals surface area contributed by atoms with Crippen molar-refractivity contribution in [2.75, 3.05) is 31.1 Å². The highest BCUT2D eigenvalue weighted by molar-refractivity contribution is 5.92. The molecule has 0 atom stereocenters. The van der Waals surface area contributed by atoms with Crippen molar-refractivity contribution in [3.63, 3.8) is 0 Å². The second-order valence-corrected chi connectivity index (χ2v) is 7.82. The van der Waals surface area contributed by atoms with Gasteiger partial charge in [0.05, 0.1) is 11.2 Å². The van der Waals surface area contributed by atoms with Crippen LogP contribution in [0, 0.1) is 0 Å². The van der Waals surface area contributed by atoms with Gasteiger partial charge in [0.25, 0.3) is 5.91 Å². The highest BCUT2D eigenvalue weighted by Crippen LogP contribution is 2.27. The van der Waals surface area contributed by atoms with Crippen LogP contribution in [0.15, 0.2) is 42.9 Å². The quantitative estimate of drug-likeness (QED) is 0.698. The van der Waals surface area contributed by atoms with Gasteiger partial charge in [-0.25, -0.2) is 15.0 Å². The summed E-state index contributed by atoms with van der Waals surface area (Å²) < 4.78 is 1.91. The lowest BCUT2D eigenvalue weighted by Crippen LogP contribution is -2.49. The van der Waals surface area contributed by atoms with Crippen LogP contribution in [0.4, 0.5) is 5.95 Å². The Morgan fingerprint density at radius 2 is 1.70 bits per heavy atom. The van der Waals surface area contributed by atoms with E-state index in [1.54, 1.807) is 18.5 Å². The summed E-state index contributed by atoms with van der Waals surface area (Å²) in [5.41, 5.74) is 1.81. The molecule has 0 unspecified atom stereocenters. The van der Waals surface area contributed by atoms with E-state index in [1.807, 2.05) is 33.7 Å². The minimum Gasteiger partial charge on any atom is -0.337 e. The first-order chi connectivity index (χ1) is 12.9. The molecule has 0 radical (unpaired) electrons. The fraction of sp³-hybridized carbons (Fsp3) is 0.400. The molecule has 1 saturated heterocycles. The molecule has 3 aromatic heterocycles. The Morgan fingerprint density at radius 1 is 1.00 bits per heavy atom. The summed E-state index contributed by atoms with van der Waals surface area (Å²) in [4.78, 5) is 30.5. The van der Waals surface area contributed by atoms with Crippen molar-refractivity contribution in [1.82, 2.24) is 24.3 Å². The van der Waals surface area contributed by atoms with E-state index in [0.717, 1.165) is 11.2 Å². The number of imidazole rings is 1. The second-order valence-electron chi connectivity index (χ2n) is 7.82. The Hall–Kier alpha value is -2.96. The molecule has 7 nitrogen and oxygen atoms in total. The highest BCUT2D eigenvalue weighted by Gasteiger charge is 2.29. The standard InChI is InChI=1S/C20H24N6O/c1-20(2,3)16-15-7-4-5-10-26(15)17(23-16)18(27)24-11-13-25(14-12-24)19-21-8-6-9-22-19/h4-10H,11-14H2,1-3H3. The van der Waals surface area contributed by atoms with Gasteiger partial charge in [0.15, 0.2) is 0 Å². The van der Waals surface area contributed by atoms with Gasteiger partial charge in [-0.15, -0.1) is 0 Å². The molecule has 0 bridgehead atoms. The Morgan fingerprint density at radius 3 is 2.37 bits per heavy atom. The van der Waals surface area contributed by atoms with Crippen molar-refractivity contribution < 1.29 is 4.79 Å². The number of rotatable bonds is 2. The van der Waals surface area contributed by atoms with Gasteiger partial charge in [0.2, 0.25) is 11.8 Å². The van der Waals surface area contributed by atoms with E-state index in [0.29, 0.717) is 38.0 Å². The summed E-state index contributed by atoms with van der Waals surface area (Å²) in [6.07, 6.45) is 5.40. The van der Waals surface area contributed by atoms with Gasteiger partial charge in [-0.2, -0.15) is 0 Å². The SMILES string of the molecule is CC(C)(C)c1nc(C(=O)N2CCN(c3ncccn3)CC2)n2ccccc12. The zero-order valence-corrected chi connectivity index (χ0v) is 16.0. The molecule has 0 aliphatic carbocycles. The Bertz CT molecular complexity index is 952. The van der Waals surface area contributed by atoms with Crippen molar-refractivity contribution >= 4 is 17.4 Å². The molecule has 3 aromatic rings. The molecule has 1 amide bonds. The minimum atomic E-state index is -0.130. The van der Waals surface area contributed by atoms with Crippen LogP contribution in [-0.2, 0) is 5.41 Å². The number of fused-ring (bicyclic) bond motifs is 1. The average molecular weight is 364 g/mol. The third kappa shape index (κ3) is 3.25. The number of anilines is 1. The van der Waals surface area contributed by atoms with Crippen LogP contribution in [0.5, 0.6) is 0 Å². The molecule has 1 aliphatic heterocycles. The Labute approximate surface area is 158 Å². The molecule has 140 valence electrons. The van der Waals surface area contributed by atoms with Crippen LogP contribution in [0.1, 0.15) is 37.1 Å². The second kappa shape index (κ2) is 6.64. The zero-order chi connectivity index (χ0) is 19.0. The molecule has 1 fully saturated rings. The Balaban J connectivity index is 1.58. The van der Waals surface area contributed by atoms with Crippen LogP contribution in [-0.4, -0.2) is 56.3 Å². The fourth-order valence-electron chi connectivity index (χ4n) is 3.45. The number of nitrogens with zero attached hydrogens (tertiary/aromatic N) is 6. The van der Waals surface area contributed by atoms with E-state index in [2.05, 4.69) is 35.6 Å². The summed E-state index contributed by atoms with van der Waals surface area (Å²) in [6, 6.07) is 7.75. The monoisotopic (exact) mass is 364 g/mol.